The lowest BCUT2D eigenvalue weighted by Gasteiger charge is -2.62. The molecule has 0 aromatic carbocycles. The van der Waals surface area contributed by atoms with Crippen molar-refractivity contribution in [3.8, 4) is 0 Å². The summed E-state index contributed by atoms with van der Waals surface area (Å²) in [5.74, 6) is -7.27. The van der Waals surface area contributed by atoms with E-state index in [9.17, 15) is 4.21 Å². The van der Waals surface area contributed by atoms with E-state index in [2.05, 4.69) is 20.8 Å². The van der Waals surface area contributed by atoms with Crippen molar-refractivity contribution in [2.45, 2.75) is 153 Å². The summed E-state index contributed by atoms with van der Waals surface area (Å²) in [5, 5.41) is 0. The Morgan fingerprint density at radius 2 is 1.12 bits per heavy atom. The van der Waals surface area contributed by atoms with E-state index in [1.54, 1.807) is 6.92 Å². The SMILES string of the molecule is C[C@@H]1CC[C@H]2[C@@H](C)[C@@](C)(OCCS(=O)CCO[C@@]3(C(F)(F)F)O[C@@H]4O[C@]5(C)CC[C@H]6[C@H](C)CC[C@@H]([C@H]3C)[C@@]46OO5)O[C@@H]3O[C@@]4(C)CC[C@@H]1[C@]32OO4. The van der Waals surface area contributed by atoms with Crippen LogP contribution >= 0.6 is 0 Å². The fourth-order valence-corrected chi connectivity index (χ4v) is 12.2. The summed E-state index contributed by atoms with van der Waals surface area (Å²) in [4.78, 5) is 23.9. The molecule has 4 bridgehead atoms. The van der Waals surface area contributed by atoms with Gasteiger partial charge in [0.1, 0.15) is 0 Å². The zero-order valence-corrected chi connectivity index (χ0v) is 31.6. The van der Waals surface area contributed by atoms with Crippen molar-refractivity contribution >= 4 is 10.8 Å². The van der Waals surface area contributed by atoms with Crippen LogP contribution in [0.2, 0.25) is 0 Å². The minimum Gasteiger partial charge on any atom is -0.349 e. The molecule has 0 radical (unpaired) electrons. The van der Waals surface area contributed by atoms with E-state index in [4.69, 9.17) is 48.0 Å². The van der Waals surface area contributed by atoms with Crippen molar-refractivity contribution in [2.24, 2.45) is 47.3 Å². The first-order valence-electron chi connectivity index (χ1n) is 19.1. The topological polar surface area (TPSA) is 109 Å². The molecule has 8 heterocycles. The highest BCUT2D eigenvalue weighted by atomic mass is 32.2. The van der Waals surface area contributed by atoms with Gasteiger partial charge < -0.3 is 28.4 Å². The van der Waals surface area contributed by atoms with Gasteiger partial charge in [-0.2, -0.15) is 13.2 Å². The van der Waals surface area contributed by atoms with Gasteiger partial charge in [0.25, 0.3) is 5.79 Å². The van der Waals surface area contributed by atoms with Gasteiger partial charge >= 0.3 is 6.18 Å². The van der Waals surface area contributed by atoms with Gasteiger partial charge in [0.2, 0.25) is 11.6 Å². The number of fused-ring (bicyclic) bond motifs is 4. The maximum atomic E-state index is 15.2. The molecule has 2 aliphatic carbocycles. The minimum atomic E-state index is -4.89. The lowest BCUT2D eigenvalue weighted by Crippen LogP contribution is -2.76. The van der Waals surface area contributed by atoms with Crippen LogP contribution in [0.4, 0.5) is 13.2 Å². The van der Waals surface area contributed by atoms with Crippen LogP contribution in [0.5, 0.6) is 0 Å². The van der Waals surface area contributed by atoms with Gasteiger partial charge in [0, 0.05) is 58.8 Å². The standard InChI is InChI=1S/C36H55F3O11S/c1-20-8-10-26-22(3)32(7,45-28-33(26)24(20)12-14-30(5,43-28)47-49-33)41-16-18-51(40)19-17-42-35(36(37,38)39)23(4)27-11-9-21(2)25-13-15-31(6)44-29(46-35)34(25,27)50-48-31/h20-29H,8-19H2,1-7H3/t20-,21-,22-,23-,24+,25+,26+,27+,28+,29+,30-,31+,32+,33-,34-,35-,51?/m1/s1. The Kier molecular flexibility index (Phi) is 9.20. The van der Waals surface area contributed by atoms with Crippen LogP contribution in [0, 0.1) is 47.3 Å². The molecule has 8 aliphatic heterocycles. The zero-order valence-electron chi connectivity index (χ0n) is 30.8. The van der Waals surface area contributed by atoms with Crippen molar-refractivity contribution in [1.29, 1.82) is 0 Å². The second-order valence-electron chi connectivity index (χ2n) is 17.4. The summed E-state index contributed by atoms with van der Waals surface area (Å²) < 4.78 is 96.1. The zero-order chi connectivity index (χ0) is 36.4. The van der Waals surface area contributed by atoms with E-state index in [1.807, 2.05) is 13.8 Å². The largest absolute Gasteiger partial charge is 0.443 e. The minimum absolute atomic E-state index is 0.0500. The first kappa shape index (κ1) is 37.5. The first-order valence-corrected chi connectivity index (χ1v) is 20.6. The molecular formula is C36H55F3O11S. The van der Waals surface area contributed by atoms with Gasteiger partial charge in [0.05, 0.1) is 13.2 Å². The number of hydrogen-bond donors (Lipinski definition) is 0. The third kappa shape index (κ3) is 5.51. The lowest BCUT2D eigenvalue weighted by atomic mass is 9.57. The number of ether oxygens (including phenoxy) is 6. The van der Waals surface area contributed by atoms with Crippen molar-refractivity contribution in [3.63, 3.8) is 0 Å². The summed E-state index contributed by atoms with van der Waals surface area (Å²) in [6.45, 7) is 13.0. The molecular weight excluding hydrogens is 697 g/mol. The molecule has 17 atom stereocenters. The van der Waals surface area contributed by atoms with Crippen LogP contribution in [0.3, 0.4) is 0 Å². The summed E-state index contributed by atoms with van der Waals surface area (Å²) >= 11 is 0. The summed E-state index contributed by atoms with van der Waals surface area (Å²) in [5.41, 5.74) is -1.91. The number of halogens is 3. The Morgan fingerprint density at radius 1 is 0.627 bits per heavy atom. The molecule has 1 unspecified atom stereocenters. The average molecular weight is 753 g/mol. The van der Waals surface area contributed by atoms with Gasteiger partial charge in [-0.05, 0) is 83.0 Å². The fraction of sp³-hybridized carbons (Fsp3) is 1.00. The molecule has 0 aromatic heterocycles. The third-order valence-corrected chi connectivity index (χ3v) is 15.8. The van der Waals surface area contributed by atoms with E-state index in [1.165, 1.54) is 6.92 Å². The molecule has 10 rings (SSSR count). The van der Waals surface area contributed by atoms with Crippen LogP contribution in [0.25, 0.3) is 0 Å². The van der Waals surface area contributed by atoms with Crippen molar-refractivity contribution in [3.05, 3.63) is 0 Å². The Hall–Kier alpha value is -0.460. The van der Waals surface area contributed by atoms with Crippen molar-refractivity contribution in [2.75, 3.05) is 24.7 Å². The van der Waals surface area contributed by atoms with Crippen LogP contribution < -0.4 is 0 Å². The highest BCUT2D eigenvalue weighted by Gasteiger charge is 2.77. The summed E-state index contributed by atoms with van der Waals surface area (Å²) in [7, 11) is -1.56. The van der Waals surface area contributed by atoms with Crippen molar-refractivity contribution in [1.82, 2.24) is 0 Å². The first-order chi connectivity index (χ1) is 23.9. The normalized spacial score (nSPS) is 55.3. The smallest absolute Gasteiger partial charge is 0.349 e. The maximum absolute atomic E-state index is 15.2. The molecule has 10 aliphatic rings. The third-order valence-electron chi connectivity index (χ3n) is 14.5. The Labute approximate surface area is 300 Å². The number of alkyl halides is 3. The average Bonchev–Trinajstić information content (AvgIpc) is 3.43. The van der Waals surface area contributed by atoms with Crippen LogP contribution in [-0.2, 0) is 58.8 Å². The number of rotatable bonds is 8. The van der Waals surface area contributed by atoms with E-state index >= 15 is 13.2 Å². The van der Waals surface area contributed by atoms with E-state index in [0.717, 1.165) is 25.7 Å². The number of hydrogen-bond acceptors (Lipinski definition) is 11. The second kappa shape index (κ2) is 12.5. The molecule has 0 amide bonds. The van der Waals surface area contributed by atoms with Crippen LogP contribution in [-0.4, -0.2) is 82.0 Å². The predicted molar refractivity (Wildman–Crippen MR) is 173 cm³/mol. The summed E-state index contributed by atoms with van der Waals surface area (Å²) in [6.07, 6.45) is -0.958. The molecule has 11 nitrogen and oxygen atoms in total. The molecule has 292 valence electrons. The lowest BCUT2D eigenvalue weighted by molar-refractivity contribution is -0.598. The van der Waals surface area contributed by atoms with Crippen LogP contribution in [0.15, 0.2) is 0 Å². The predicted octanol–water partition coefficient (Wildman–Crippen LogP) is 6.51. The van der Waals surface area contributed by atoms with E-state index < -0.39 is 82.3 Å². The quantitative estimate of drug-likeness (QED) is 0.254. The van der Waals surface area contributed by atoms with Gasteiger partial charge in [-0.3, -0.25) is 4.21 Å². The van der Waals surface area contributed by atoms with Gasteiger partial charge in [0.15, 0.2) is 29.6 Å². The molecule has 8 saturated heterocycles. The van der Waals surface area contributed by atoms with E-state index in [0.29, 0.717) is 31.6 Å². The van der Waals surface area contributed by atoms with E-state index in [-0.39, 0.29) is 47.7 Å². The van der Waals surface area contributed by atoms with Crippen molar-refractivity contribution < 1.29 is 65.4 Å². The highest BCUT2D eigenvalue weighted by molar-refractivity contribution is 7.85. The van der Waals surface area contributed by atoms with Crippen LogP contribution in [0.1, 0.15) is 99.8 Å². The molecule has 2 spiro atoms. The van der Waals surface area contributed by atoms with Gasteiger partial charge in [-0.15, -0.1) is 0 Å². The second-order valence-corrected chi connectivity index (χ2v) is 19.1. The maximum Gasteiger partial charge on any atom is 0.443 e. The molecule has 0 aromatic rings. The fourth-order valence-electron chi connectivity index (χ4n) is 11.5. The molecule has 15 heteroatoms. The molecule has 10 fully saturated rings. The summed E-state index contributed by atoms with van der Waals surface area (Å²) in [6, 6.07) is 0. The Morgan fingerprint density at radius 3 is 1.65 bits per heavy atom. The van der Waals surface area contributed by atoms with Gasteiger partial charge in [-0.25, -0.2) is 19.6 Å². The molecule has 0 N–H and O–H groups in total. The molecule has 51 heavy (non-hydrogen) atoms. The van der Waals surface area contributed by atoms with Gasteiger partial charge in [-0.1, -0.05) is 27.7 Å². The highest BCUT2D eigenvalue weighted by Crippen LogP contribution is 2.65. The molecule has 2 saturated carbocycles. The Bertz CT molecular complexity index is 1380. The Balaban J connectivity index is 0.922. The monoisotopic (exact) mass is 752 g/mol.